The van der Waals surface area contributed by atoms with Gasteiger partial charge in [-0.3, -0.25) is 28.9 Å². The second-order valence-electron chi connectivity index (χ2n) is 24.9. The number of Topliss-reactive ketones (excluding diaryl/α,β-unsaturated/α-hetero) is 1. The first-order valence-electron chi connectivity index (χ1n) is 34.1. The number of amides is 3. The predicted molar refractivity (Wildman–Crippen MR) is 350 cm³/mol. The minimum atomic E-state index is -1.12. The summed E-state index contributed by atoms with van der Waals surface area (Å²) in [4.78, 5) is 78.5. The molecule has 0 aromatic heterocycles. The van der Waals surface area contributed by atoms with Crippen LogP contribution in [0.25, 0.3) is 0 Å². The highest BCUT2D eigenvalue weighted by molar-refractivity contribution is 5.88. The number of ether oxygens (including phenoxy) is 12. The minimum Gasteiger partial charge on any atom is -0.481 e. The van der Waals surface area contributed by atoms with Crippen molar-refractivity contribution in [3.8, 4) is 0 Å². The average Bonchev–Trinajstić information content (AvgIpc) is 2.82. The van der Waals surface area contributed by atoms with Crippen molar-refractivity contribution in [2.45, 2.75) is 200 Å². The summed E-state index contributed by atoms with van der Waals surface area (Å²) in [5.74, 6) is -2.06. The molecular formula is C67H128N4O20. The number of nitrogens with zero attached hydrogens (tertiary/aromatic N) is 3. The van der Waals surface area contributed by atoms with Crippen LogP contribution in [0.4, 0.5) is 0 Å². The first-order valence-corrected chi connectivity index (χ1v) is 34.1. The molecule has 91 heavy (non-hydrogen) atoms. The number of rotatable bonds is 68. The summed E-state index contributed by atoms with van der Waals surface area (Å²) in [6.45, 7) is 23.4. The predicted octanol–water partition coefficient (Wildman–Crippen LogP) is 8.05. The average molecular weight is 1310 g/mol. The maximum Gasteiger partial charge on any atom is 0.326 e. The zero-order chi connectivity index (χ0) is 67.5. The van der Waals surface area contributed by atoms with Crippen LogP contribution < -0.4 is 5.32 Å². The lowest BCUT2D eigenvalue weighted by molar-refractivity contribution is -0.149. The molecule has 0 bridgehead atoms. The van der Waals surface area contributed by atoms with Gasteiger partial charge in [-0.05, 0) is 66.3 Å². The summed E-state index contributed by atoms with van der Waals surface area (Å²) < 4.78 is 66.5. The summed E-state index contributed by atoms with van der Waals surface area (Å²) >= 11 is 0. The largest absolute Gasteiger partial charge is 0.481 e. The highest BCUT2D eigenvalue weighted by atomic mass is 16.6. The Hall–Kier alpha value is -3.50. The number of nitrogens with one attached hydrogen (secondary N) is 1. The van der Waals surface area contributed by atoms with Gasteiger partial charge in [0.15, 0.2) is 5.78 Å². The van der Waals surface area contributed by atoms with Gasteiger partial charge in [0, 0.05) is 63.8 Å². The zero-order valence-electron chi connectivity index (χ0n) is 58.2. The van der Waals surface area contributed by atoms with E-state index in [1.54, 1.807) is 7.05 Å². The van der Waals surface area contributed by atoms with E-state index in [9.17, 15) is 33.9 Å². The summed E-state index contributed by atoms with van der Waals surface area (Å²) in [6.07, 6.45) is 18.5. The monoisotopic (exact) mass is 1310 g/mol. The Labute approximate surface area is 548 Å². The van der Waals surface area contributed by atoms with E-state index in [0.29, 0.717) is 184 Å². The third-order valence-electron chi connectivity index (χ3n) is 15.2. The molecule has 0 aliphatic carbocycles. The Morgan fingerprint density at radius 2 is 0.692 bits per heavy atom. The molecule has 0 aliphatic heterocycles. The van der Waals surface area contributed by atoms with E-state index in [1.165, 1.54) is 61.8 Å². The maximum atomic E-state index is 13.1. The summed E-state index contributed by atoms with van der Waals surface area (Å²) in [5, 5.41) is 21.5. The fourth-order valence-corrected chi connectivity index (χ4v) is 9.22. The first-order chi connectivity index (χ1) is 43.7. The fourth-order valence-electron chi connectivity index (χ4n) is 9.22. The molecule has 0 fully saturated rings. The molecule has 3 amide bonds. The van der Waals surface area contributed by atoms with Gasteiger partial charge in [-0.15, -0.1) is 0 Å². The Balaban J connectivity index is 3.53. The Morgan fingerprint density at radius 3 is 1.02 bits per heavy atom. The topological polar surface area (TPSA) is 275 Å². The van der Waals surface area contributed by atoms with Gasteiger partial charge in [0.2, 0.25) is 17.7 Å². The number of carboxylic acids is 2. The molecule has 1 unspecified atom stereocenters. The van der Waals surface area contributed by atoms with Crippen LogP contribution in [0.5, 0.6) is 0 Å². The quantitative estimate of drug-likeness (QED) is 0.0486. The Kier molecular flexibility index (Phi) is 57.9. The smallest absolute Gasteiger partial charge is 0.326 e. The molecule has 0 aliphatic rings. The van der Waals surface area contributed by atoms with Gasteiger partial charge in [0.25, 0.3) is 0 Å². The van der Waals surface area contributed by atoms with Crippen LogP contribution in [-0.4, -0.2) is 271 Å². The standard InChI is InChI=1S/C67H128N4O20/c1-66(2,3)64(77)58(71(9)67(4,5)6)26-24-25-32-68-60(72)31-34-80-36-38-82-40-42-84-44-46-86-48-50-88-52-54-90-56-57-91-55-53-89-51-49-87-47-45-85-43-41-83-39-37-81-35-33-69(7)61(73)30-29-59(65(78)79)70(8)62(74)27-22-20-18-16-14-12-10-11-13-15-17-19-21-23-28-63(75)76/h58-59H,10-57H2,1-9H3,(H,68,72)(H,75,76)(H,78,79)/t58?,59-/m0/s1. The van der Waals surface area contributed by atoms with E-state index in [4.69, 9.17) is 61.9 Å². The van der Waals surface area contributed by atoms with Gasteiger partial charge < -0.3 is 82.2 Å². The van der Waals surface area contributed by atoms with Crippen molar-refractivity contribution in [3.63, 3.8) is 0 Å². The maximum absolute atomic E-state index is 13.1. The van der Waals surface area contributed by atoms with Crippen LogP contribution in [0.2, 0.25) is 0 Å². The second-order valence-corrected chi connectivity index (χ2v) is 24.9. The van der Waals surface area contributed by atoms with Crippen molar-refractivity contribution in [3.05, 3.63) is 0 Å². The van der Waals surface area contributed by atoms with Crippen LogP contribution >= 0.6 is 0 Å². The molecule has 0 saturated heterocycles. The summed E-state index contributed by atoms with van der Waals surface area (Å²) in [7, 11) is 5.17. The third-order valence-corrected chi connectivity index (χ3v) is 15.2. The Morgan fingerprint density at radius 1 is 0.363 bits per heavy atom. The number of hydrogen-bond donors (Lipinski definition) is 3. The third kappa shape index (κ3) is 55.5. The van der Waals surface area contributed by atoms with Crippen LogP contribution in [0, 0.1) is 5.41 Å². The molecule has 0 rings (SSSR count). The summed E-state index contributed by atoms with van der Waals surface area (Å²) in [6, 6.07) is -1.22. The molecule has 0 aromatic carbocycles. The fraction of sp³-hybridized carbons (Fsp3) is 0.910. The molecule has 0 heterocycles. The molecule has 0 spiro atoms. The minimum absolute atomic E-state index is 0.00454. The van der Waals surface area contributed by atoms with Crippen LogP contribution in [-0.2, 0) is 85.6 Å². The first kappa shape index (κ1) is 87.5. The molecule has 24 heteroatoms. The normalized spacial score (nSPS) is 12.6. The van der Waals surface area contributed by atoms with Crippen LogP contribution in [0.3, 0.4) is 0 Å². The van der Waals surface area contributed by atoms with Crippen molar-refractivity contribution in [2.24, 2.45) is 5.41 Å². The van der Waals surface area contributed by atoms with Gasteiger partial charge in [-0.25, -0.2) is 4.79 Å². The molecule has 24 nitrogen and oxygen atoms in total. The molecule has 0 aromatic rings. The molecule has 2 atom stereocenters. The molecule has 0 saturated carbocycles. The number of likely N-dealkylation sites (N-methyl/N-ethyl adjacent to an activating group) is 3. The molecule has 0 radical (unpaired) electrons. The van der Waals surface area contributed by atoms with E-state index < -0.39 is 23.4 Å². The highest BCUT2D eigenvalue weighted by Gasteiger charge is 2.36. The molecule has 3 N–H and O–H groups in total. The van der Waals surface area contributed by atoms with E-state index >= 15 is 0 Å². The van der Waals surface area contributed by atoms with Gasteiger partial charge in [0.1, 0.15) is 6.04 Å². The Bertz CT molecular complexity index is 1770. The molecule has 536 valence electrons. The summed E-state index contributed by atoms with van der Waals surface area (Å²) in [5.41, 5.74) is -0.520. The van der Waals surface area contributed by atoms with Crippen LogP contribution in [0.1, 0.15) is 183 Å². The van der Waals surface area contributed by atoms with Gasteiger partial charge in [0.05, 0.1) is 165 Å². The van der Waals surface area contributed by atoms with E-state index in [2.05, 4.69) is 31.0 Å². The van der Waals surface area contributed by atoms with E-state index in [-0.39, 0.29) is 60.8 Å². The lowest BCUT2D eigenvalue weighted by Crippen LogP contribution is -2.51. The van der Waals surface area contributed by atoms with Crippen molar-refractivity contribution in [1.29, 1.82) is 0 Å². The van der Waals surface area contributed by atoms with E-state index in [1.807, 2.05) is 27.8 Å². The number of unbranched alkanes of at least 4 members (excludes halogenated alkanes) is 14. The van der Waals surface area contributed by atoms with Gasteiger partial charge >= 0.3 is 11.9 Å². The number of hydrogen-bond acceptors (Lipinski definition) is 19. The van der Waals surface area contributed by atoms with Gasteiger partial charge in [-0.2, -0.15) is 0 Å². The van der Waals surface area contributed by atoms with E-state index in [0.717, 1.165) is 57.8 Å². The van der Waals surface area contributed by atoms with Crippen LogP contribution in [0.15, 0.2) is 0 Å². The number of carbonyl (C=O) groups excluding carboxylic acids is 4. The SMILES string of the molecule is CN(CCOCCOCCOCCOCCOCCOCCOCCOCCOCCOCCOCCOCCC(=O)NCCCCC(C(=O)C(C)(C)C)N(C)C(C)(C)C)C(=O)CC[C@@H](C(=O)O)N(C)C(=O)CCCCCCCCCCCCCCCCC(=O)O. The van der Waals surface area contributed by atoms with Gasteiger partial charge in [-0.1, -0.05) is 97.8 Å². The van der Waals surface area contributed by atoms with Crippen molar-refractivity contribution in [2.75, 3.05) is 193 Å². The second kappa shape index (κ2) is 60.2. The van der Waals surface area contributed by atoms with Crippen molar-refractivity contribution < 1.29 is 95.8 Å². The van der Waals surface area contributed by atoms with Crippen molar-refractivity contribution in [1.82, 2.24) is 20.0 Å². The number of carbonyl (C=O) groups is 6. The number of ketones is 1. The zero-order valence-corrected chi connectivity index (χ0v) is 58.2. The molecular weight excluding hydrogens is 1180 g/mol. The highest BCUT2D eigenvalue weighted by Crippen LogP contribution is 2.26. The lowest BCUT2D eigenvalue weighted by atomic mass is 9.83. The van der Waals surface area contributed by atoms with Crippen molar-refractivity contribution >= 4 is 35.4 Å². The number of carboxylic acid groups (broad SMARTS) is 2. The number of aliphatic carboxylic acids is 2. The lowest BCUT2D eigenvalue weighted by Gasteiger charge is -2.40.